The number of methoxy groups -OCH3 is 1. The summed E-state index contributed by atoms with van der Waals surface area (Å²) in [6.07, 6.45) is 0.793. The van der Waals surface area contributed by atoms with Gasteiger partial charge in [-0.1, -0.05) is 30.8 Å². The van der Waals surface area contributed by atoms with Gasteiger partial charge in [-0.3, -0.25) is 14.2 Å². The summed E-state index contributed by atoms with van der Waals surface area (Å²) in [5, 5.41) is 3.56. The third-order valence-corrected chi connectivity index (χ3v) is 6.10. The number of carbonyl (C=O) groups excluding carboxylic acids is 1. The first kappa shape index (κ1) is 22.0. The fourth-order valence-electron chi connectivity index (χ4n) is 3.25. The van der Waals surface area contributed by atoms with Crippen LogP contribution >= 0.6 is 11.8 Å². The number of aryl methyl sites for hydroxylation is 1. The minimum absolute atomic E-state index is 0.0122. The van der Waals surface area contributed by atoms with Crippen molar-refractivity contribution in [1.29, 1.82) is 0 Å². The highest BCUT2D eigenvalue weighted by Crippen LogP contribution is 2.23. The van der Waals surface area contributed by atoms with Crippen LogP contribution in [0.5, 0.6) is 5.75 Å². The monoisotopic (exact) mass is 428 g/mol. The fraction of sp³-hybridized carbons (Fsp3) is 0.409. The summed E-state index contributed by atoms with van der Waals surface area (Å²) in [5.74, 6) is 0.842. The fourth-order valence-corrected chi connectivity index (χ4v) is 4.16. The van der Waals surface area contributed by atoms with E-state index in [9.17, 15) is 9.59 Å². The summed E-state index contributed by atoms with van der Waals surface area (Å²) in [6.45, 7) is 7.85. The van der Waals surface area contributed by atoms with E-state index in [1.165, 1.54) is 11.8 Å². The molecule has 0 bridgehead atoms. The number of amides is 1. The molecular weight excluding hydrogens is 400 g/mol. The molecule has 0 saturated heterocycles. The van der Waals surface area contributed by atoms with Crippen LogP contribution in [0.2, 0.25) is 0 Å². The highest BCUT2D eigenvalue weighted by Gasteiger charge is 2.18. The number of benzene rings is 1. The molecule has 2 atom stereocenters. The van der Waals surface area contributed by atoms with Crippen molar-refractivity contribution in [2.75, 3.05) is 12.9 Å². The molecule has 3 aromatic rings. The van der Waals surface area contributed by atoms with Gasteiger partial charge in [-0.05, 0) is 51.0 Å². The lowest BCUT2D eigenvalue weighted by atomic mass is 10.1. The van der Waals surface area contributed by atoms with Gasteiger partial charge in [0.1, 0.15) is 11.3 Å². The predicted molar refractivity (Wildman–Crippen MR) is 120 cm³/mol. The van der Waals surface area contributed by atoms with Crippen LogP contribution in [0.4, 0.5) is 0 Å². The molecule has 0 saturated carbocycles. The molecule has 1 amide bonds. The van der Waals surface area contributed by atoms with Crippen LogP contribution in [-0.4, -0.2) is 33.3 Å². The molecular formula is C22H28N4O3S. The van der Waals surface area contributed by atoms with Gasteiger partial charge >= 0.3 is 0 Å². The molecule has 0 spiro atoms. The van der Waals surface area contributed by atoms with Crippen molar-refractivity contribution in [1.82, 2.24) is 19.9 Å². The Morgan fingerprint density at radius 3 is 2.63 bits per heavy atom. The lowest BCUT2D eigenvalue weighted by Gasteiger charge is -2.18. The topological polar surface area (TPSA) is 89.0 Å². The Labute approximate surface area is 180 Å². The van der Waals surface area contributed by atoms with Crippen LogP contribution in [0.1, 0.15) is 50.5 Å². The number of rotatable bonds is 8. The smallest absolute Gasteiger partial charge is 0.278 e. The summed E-state index contributed by atoms with van der Waals surface area (Å²) in [5.41, 5.74) is 2.92. The van der Waals surface area contributed by atoms with Gasteiger partial charge in [0.15, 0.2) is 5.16 Å². The van der Waals surface area contributed by atoms with Crippen LogP contribution in [0.25, 0.3) is 11.0 Å². The molecule has 0 aliphatic heterocycles. The number of hydrogen-bond acceptors (Lipinski definition) is 5. The number of aromatic nitrogens is 3. The van der Waals surface area contributed by atoms with Crippen molar-refractivity contribution in [2.24, 2.45) is 0 Å². The molecule has 0 aliphatic carbocycles. The highest BCUT2D eigenvalue weighted by atomic mass is 32.2. The minimum atomic E-state index is -0.136. The second-order valence-corrected chi connectivity index (χ2v) is 8.33. The van der Waals surface area contributed by atoms with Gasteiger partial charge in [-0.2, -0.15) is 0 Å². The second-order valence-electron chi connectivity index (χ2n) is 7.39. The first-order valence-electron chi connectivity index (χ1n) is 10.0. The molecule has 2 heterocycles. The summed E-state index contributed by atoms with van der Waals surface area (Å²) >= 11 is 1.29. The van der Waals surface area contributed by atoms with E-state index in [1.807, 2.05) is 58.0 Å². The van der Waals surface area contributed by atoms with Crippen LogP contribution < -0.4 is 15.6 Å². The standard InChI is InChI=1S/C22H28N4O3S/c1-6-14(3)26-21(28)20-18(11-13(2)23-20)25-22(26)30-12-19(27)24-15(4)16-7-9-17(29-5)10-8-16/h7-11,14-15,23H,6,12H2,1-5H3,(H,24,27)/t14-,15+/m0/s1. The summed E-state index contributed by atoms with van der Waals surface area (Å²) in [6, 6.07) is 9.31. The van der Waals surface area contributed by atoms with E-state index in [4.69, 9.17) is 4.74 Å². The molecule has 160 valence electrons. The Morgan fingerprint density at radius 1 is 1.30 bits per heavy atom. The van der Waals surface area contributed by atoms with E-state index < -0.39 is 0 Å². The normalized spacial score (nSPS) is 13.2. The Balaban J connectivity index is 1.75. The molecule has 0 aliphatic rings. The minimum Gasteiger partial charge on any atom is -0.497 e. The molecule has 7 nitrogen and oxygen atoms in total. The van der Waals surface area contributed by atoms with Crippen molar-refractivity contribution in [3.05, 3.63) is 51.9 Å². The SMILES string of the molecule is CC[C@H](C)n1c(SCC(=O)N[C@H](C)c2ccc(OC)cc2)nc2cc(C)[nH]c2c1=O. The lowest BCUT2D eigenvalue weighted by molar-refractivity contribution is -0.119. The molecule has 8 heteroatoms. The maximum Gasteiger partial charge on any atom is 0.278 e. The first-order valence-corrected chi connectivity index (χ1v) is 11.0. The van der Waals surface area contributed by atoms with Gasteiger partial charge in [0.25, 0.3) is 5.56 Å². The first-order chi connectivity index (χ1) is 14.3. The zero-order valence-electron chi connectivity index (χ0n) is 18.0. The zero-order chi connectivity index (χ0) is 21.8. The maximum absolute atomic E-state index is 13.0. The molecule has 0 unspecified atom stereocenters. The Kier molecular flexibility index (Phi) is 6.87. The van der Waals surface area contributed by atoms with Crippen molar-refractivity contribution >= 4 is 28.7 Å². The molecule has 3 rings (SSSR count). The second kappa shape index (κ2) is 9.38. The number of carbonyl (C=O) groups is 1. The van der Waals surface area contributed by atoms with Crippen LogP contribution in [0.3, 0.4) is 0 Å². The molecule has 0 fully saturated rings. The number of nitrogens with one attached hydrogen (secondary N) is 2. The number of aromatic amines is 1. The van der Waals surface area contributed by atoms with E-state index in [0.29, 0.717) is 16.2 Å². The number of fused-ring (bicyclic) bond motifs is 1. The van der Waals surface area contributed by atoms with E-state index in [0.717, 1.165) is 23.4 Å². The molecule has 30 heavy (non-hydrogen) atoms. The van der Waals surface area contributed by atoms with Gasteiger partial charge in [0.2, 0.25) is 5.91 Å². The van der Waals surface area contributed by atoms with Gasteiger partial charge in [0.05, 0.1) is 24.4 Å². The average molecular weight is 429 g/mol. The van der Waals surface area contributed by atoms with E-state index in [1.54, 1.807) is 11.7 Å². The maximum atomic E-state index is 13.0. The number of H-pyrrole nitrogens is 1. The number of nitrogens with zero attached hydrogens (tertiary/aromatic N) is 2. The van der Waals surface area contributed by atoms with E-state index >= 15 is 0 Å². The van der Waals surface area contributed by atoms with E-state index in [-0.39, 0.29) is 29.3 Å². The van der Waals surface area contributed by atoms with E-state index in [2.05, 4.69) is 15.3 Å². The van der Waals surface area contributed by atoms with Gasteiger partial charge < -0.3 is 15.0 Å². The molecule has 0 radical (unpaired) electrons. The average Bonchev–Trinajstić information content (AvgIpc) is 3.12. The van der Waals surface area contributed by atoms with Crippen LogP contribution in [0.15, 0.2) is 40.3 Å². The van der Waals surface area contributed by atoms with Gasteiger partial charge in [-0.25, -0.2) is 4.98 Å². The Morgan fingerprint density at radius 2 is 2.00 bits per heavy atom. The van der Waals surface area contributed by atoms with Gasteiger partial charge in [-0.15, -0.1) is 0 Å². The van der Waals surface area contributed by atoms with Crippen molar-refractivity contribution in [3.63, 3.8) is 0 Å². The number of thioether (sulfide) groups is 1. The predicted octanol–water partition coefficient (Wildman–Crippen LogP) is 3.98. The quantitative estimate of drug-likeness (QED) is 0.418. The molecule has 2 aromatic heterocycles. The van der Waals surface area contributed by atoms with Gasteiger partial charge in [0, 0.05) is 11.7 Å². The largest absolute Gasteiger partial charge is 0.497 e. The summed E-state index contributed by atoms with van der Waals surface area (Å²) < 4.78 is 6.85. The van der Waals surface area contributed by atoms with Crippen molar-refractivity contribution < 1.29 is 9.53 Å². The number of ether oxygens (including phenoxy) is 1. The Hall–Kier alpha value is -2.74. The van der Waals surface area contributed by atoms with Crippen LogP contribution in [-0.2, 0) is 4.79 Å². The summed E-state index contributed by atoms with van der Waals surface area (Å²) in [4.78, 5) is 33.3. The Bertz CT molecular complexity index is 1090. The molecule has 1 aromatic carbocycles. The third-order valence-electron chi connectivity index (χ3n) is 5.14. The highest BCUT2D eigenvalue weighted by molar-refractivity contribution is 7.99. The van der Waals surface area contributed by atoms with Crippen LogP contribution in [0, 0.1) is 6.92 Å². The third kappa shape index (κ3) is 4.70. The summed E-state index contributed by atoms with van der Waals surface area (Å²) in [7, 11) is 1.62. The molecule has 2 N–H and O–H groups in total. The van der Waals surface area contributed by atoms with Crippen molar-refractivity contribution in [2.45, 2.75) is 51.4 Å². The number of hydrogen-bond donors (Lipinski definition) is 2. The lowest BCUT2D eigenvalue weighted by Crippen LogP contribution is -2.29. The zero-order valence-corrected chi connectivity index (χ0v) is 18.8. The van der Waals surface area contributed by atoms with Crippen molar-refractivity contribution in [3.8, 4) is 5.75 Å².